The molecule has 1 aromatic heterocycles. The average Bonchev–Trinajstić information content (AvgIpc) is 3.12. The van der Waals surface area contributed by atoms with Crippen LogP contribution in [0, 0.1) is 5.92 Å². The molecule has 0 saturated carbocycles. The SMILES string of the molecule is CCNC(=NCCNc1nccc(C(F)(F)F)n1)NC1CCN(C(=O)C(C)C)C1. The molecular formula is C18H28F3N7O. The number of hydrogen-bond acceptors (Lipinski definition) is 5. The minimum absolute atomic E-state index is 0.0280. The lowest BCUT2D eigenvalue weighted by Crippen LogP contribution is -2.45. The topological polar surface area (TPSA) is 94.5 Å². The molecule has 0 spiro atoms. The fourth-order valence-electron chi connectivity index (χ4n) is 2.89. The smallest absolute Gasteiger partial charge is 0.357 e. The van der Waals surface area contributed by atoms with Crippen molar-refractivity contribution in [2.24, 2.45) is 10.9 Å². The normalized spacial score (nSPS) is 17.6. The van der Waals surface area contributed by atoms with Crippen LogP contribution < -0.4 is 16.0 Å². The van der Waals surface area contributed by atoms with Crippen molar-refractivity contribution in [3.05, 3.63) is 18.0 Å². The lowest BCUT2D eigenvalue weighted by atomic mass is 10.2. The van der Waals surface area contributed by atoms with Gasteiger partial charge in [0.1, 0.15) is 5.69 Å². The number of rotatable bonds is 7. The zero-order valence-corrected chi connectivity index (χ0v) is 16.9. The van der Waals surface area contributed by atoms with E-state index in [1.807, 2.05) is 25.7 Å². The summed E-state index contributed by atoms with van der Waals surface area (Å²) in [6, 6.07) is 0.932. The average molecular weight is 415 g/mol. The van der Waals surface area contributed by atoms with Crippen molar-refractivity contribution in [1.82, 2.24) is 25.5 Å². The second-order valence-corrected chi connectivity index (χ2v) is 7.02. The third-order valence-corrected chi connectivity index (χ3v) is 4.29. The highest BCUT2D eigenvalue weighted by molar-refractivity contribution is 5.81. The zero-order valence-electron chi connectivity index (χ0n) is 16.9. The summed E-state index contributed by atoms with van der Waals surface area (Å²) >= 11 is 0. The quantitative estimate of drug-likeness (QED) is 0.357. The Morgan fingerprint density at radius 2 is 2.17 bits per heavy atom. The number of halogens is 3. The van der Waals surface area contributed by atoms with E-state index < -0.39 is 11.9 Å². The van der Waals surface area contributed by atoms with Gasteiger partial charge in [0.2, 0.25) is 11.9 Å². The van der Waals surface area contributed by atoms with Crippen LogP contribution in [0.4, 0.5) is 19.1 Å². The minimum atomic E-state index is -4.51. The summed E-state index contributed by atoms with van der Waals surface area (Å²) in [7, 11) is 0. The third-order valence-electron chi connectivity index (χ3n) is 4.29. The van der Waals surface area contributed by atoms with E-state index >= 15 is 0 Å². The van der Waals surface area contributed by atoms with E-state index in [4.69, 9.17) is 0 Å². The number of aliphatic imine (C=N–C) groups is 1. The number of amides is 1. The molecule has 1 atom stereocenters. The van der Waals surface area contributed by atoms with Gasteiger partial charge in [-0.25, -0.2) is 9.97 Å². The summed E-state index contributed by atoms with van der Waals surface area (Å²) in [6.45, 7) is 8.30. The maximum atomic E-state index is 12.7. The van der Waals surface area contributed by atoms with Crippen LogP contribution in [0.2, 0.25) is 0 Å². The first-order chi connectivity index (χ1) is 13.7. The molecule has 0 aliphatic carbocycles. The van der Waals surface area contributed by atoms with E-state index in [-0.39, 0.29) is 30.4 Å². The highest BCUT2D eigenvalue weighted by Gasteiger charge is 2.32. The predicted octanol–water partition coefficient (Wildman–Crippen LogP) is 1.72. The van der Waals surface area contributed by atoms with Gasteiger partial charge < -0.3 is 20.9 Å². The Labute approximate surface area is 168 Å². The predicted molar refractivity (Wildman–Crippen MR) is 104 cm³/mol. The summed E-state index contributed by atoms with van der Waals surface area (Å²) in [4.78, 5) is 25.6. The van der Waals surface area contributed by atoms with Crippen LogP contribution in [0.5, 0.6) is 0 Å². The molecule has 0 bridgehead atoms. The lowest BCUT2D eigenvalue weighted by Gasteiger charge is -2.20. The fourth-order valence-corrected chi connectivity index (χ4v) is 2.89. The Morgan fingerprint density at radius 1 is 1.41 bits per heavy atom. The van der Waals surface area contributed by atoms with Crippen LogP contribution in [0.1, 0.15) is 32.9 Å². The Bertz CT molecular complexity index is 709. The molecule has 2 rings (SSSR count). The lowest BCUT2D eigenvalue weighted by molar-refractivity contribution is -0.141. The molecule has 1 amide bonds. The number of nitrogens with zero attached hydrogens (tertiary/aromatic N) is 4. The highest BCUT2D eigenvalue weighted by Crippen LogP contribution is 2.27. The van der Waals surface area contributed by atoms with Gasteiger partial charge in [0, 0.05) is 44.3 Å². The number of likely N-dealkylation sites (tertiary alicyclic amines) is 1. The second-order valence-electron chi connectivity index (χ2n) is 7.02. The summed E-state index contributed by atoms with van der Waals surface area (Å²) in [5, 5.41) is 9.18. The molecule has 1 aromatic rings. The van der Waals surface area contributed by atoms with E-state index in [9.17, 15) is 18.0 Å². The maximum absolute atomic E-state index is 12.7. The largest absolute Gasteiger partial charge is 0.433 e. The molecule has 2 heterocycles. The fraction of sp³-hybridized carbons (Fsp3) is 0.667. The van der Waals surface area contributed by atoms with Crippen LogP contribution >= 0.6 is 0 Å². The summed E-state index contributed by atoms with van der Waals surface area (Å²) < 4.78 is 38.0. The van der Waals surface area contributed by atoms with Crippen LogP contribution in [-0.4, -0.2) is 65.5 Å². The van der Waals surface area contributed by atoms with Gasteiger partial charge in [0.15, 0.2) is 5.96 Å². The molecule has 1 unspecified atom stereocenters. The monoisotopic (exact) mass is 415 g/mol. The van der Waals surface area contributed by atoms with Crippen molar-refractivity contribution < 1.29 is 18.0 Å². The van der Waals surface area contributed by atoms with Gasteiger partial charge in [-0.2, -0.15) is 13.2 Å². The van der Waals surface area contributed by atoms with Gasteiger partial charge in [0.05, 0.1) is 6.54 Å². The number of hydrogen-bond donors (Lipinski definition) is 3. The molecule has 1 fully saturated rings. The Hall–Kier alpha value is -2.59. The minimum Gasteiger partial charge on any atom is -0.357 e. The van der Waals surface area contributed by atoms with E-state index in [1.165, 1.54) is 0 Å². The van der Waals surface area contributed by atoms with Gasteiger partial charge >= 0.3 is 6.18 Å². The zero-order chi connectivity index (χ0) is 21.4. The van der Waals surface area contributed by atoms with Gasteiger partial charge in [-0.1, -0.05) is 13.8 Å². The van der Waals surface area contributed by atoms with Crippen LogP contribution in [0.15, 0.2) is 17.3 Å². The van der Waals surface area contributed by atoms with Crippen LogP contribution in [0.3, 0.4) is 0 Å². The van der Waals surface area contributed by atoms with Gasteiger partial charge in [-0.05, 0) is 19.4 Å². The van der Waals surface area contributed by atoms with E-state index in [0.29, 0.717) is 32.1 Å². The number of aromatic nitrogens is 2. The first-order valence-corrected chi connectivity index (χ1v) is 9.68. The van der Waals surface area contributed by atoms with Crippen molar-refractivity contribution >= 4 is 17.8 Å². The summed E-state index contributed by atoms with van der Waals surface area (Å²) in [6.07, 6.45) is -2.61. The molecule has 11 heteroatoms. The van der Waals surface area contributed by atoms with E-state index in [1.54, 1.807) is 0 Å². The number of carbonyl (C=O) groups is 1. The van der Waals surface area contributed by atoms with Crippen LogP contribution in [-0.2, 0) is 11.0 Å². The van der Waals surface area contributed by atoms with E-state index in [0.717, 1.165) is 18.7 Å². The molecule has 162 valence electrons. The maximum Gasteiger partial charge on any atom is 0.433 e. The summed E-state index contributed by atoms with van der Waals surface area (Å²) in [5.74, 6) is 0.621. The van der Waals surface area contributed by atoms with E-state index in [2.05, 4.69) is 30.9 Å². The highest BCUT2D eigenvalue weighted by atomic mass is 19.4. The van der Waals surface area contributed by atoms with Crippen molar-refractivity contribution in [2.75, 3.05) is 38.0 Å². The van der Waals surface area contributed by atoms with Crippen molar-refractivity contribution in [1.29, 1.82) is 0 Å². The van der Waals surface area contributed by atoms with Crippen LogP contribution in [0.25, 0.3) is 0 Å². The molecule has 8 nitrogen and oxygen atoms in total. The molecule has 3 N–H and O–H groups in total. The Kier molecular flexibility index (Phi) is 8.03. The first-order valence-electron chi connectivity index (χ1n) is 9.68. The standard InChI is InChI=1S/C18H28F3N7O/c1-4-22-16(26-13-6-10-28(11-13)15(29)12(2)3)24-8-9-25-17-23-7-5-14(27-17)18(19,20)21/h5,7,12-13H,4,6,8-11H2,1-3H3,(H2,22,24,26)(H,23,25,27). The number of nitrogens with one attached hydrogen (secondary N) is 3. The molecule has 1 saturated heterocycles. The number of alkyl halides is 3. The van der Waals surface area contributed by atoms with Gasteiger partial charge in [-0.15, -0.1) is 0 Å². The number of anilines is 1. The van der Waals surface area contributed by atoms with Gasteiger partial charge in [-0.3, -0.25) is 9.79 Å². The molecule has 1 aliphatic heterocycles. The second kappa shape index (κ2) is 10.3. The molecule has 1 aliphatic rings. The molecule has 29 heavy (non-hydrogen) atoms. The Balaban J connectivity index is 1.84. The Morgan fingerprint density at radius 3 is 2.83 bits per heavy atom. The first kappa shape index (κ1) is 22.7. The molecular weight excluding hydrogens is 387 g/mol. The van der Waals surface area contributed by atoms with Crippen molar-refractivity contribution in [2.45, 2.75) is 39.4 Å². The number of carbonyl (C=O) groups excluding carboxylic acids is 1. The molecule has 0 radical (unpaired) electrons. The third kappa shape index (κ3) is 7.06. The summed E-state index contributed by atoms with van der Waals surface area (Å²) in [5.41, 5.74) is -0.991. The number of guanidine groups is 1. The van der Waals surface area contributed by atoms with Crippen molar-refractivity contribution in [3.8, 4) is 0 Å². The molecule has 0 aromatic carbocycles. The van der Waals surface area contributed by atoms with Gasteiger partial charge in [0.25, 0.3) is 0 Å². The van der Waals surface area contributed by atoms with Crippen molar-refractivity contribution in [3.63, 3.8) is 0 Å².